The van der Waals surface area contributed by atoms with Crippen molar-refractivity contribution in [3.05, 3.63) is 41.2 Å². The number of hydrogen-bond donors (Lipinski definition) is 10. The van der Waals surface area contributed by atoms with E-state index in [0.29, 0.717) is 0 Å². The van der Waals surface area contributed by atoms with Crippen molar-refractivity contribution in [1.29, 1.82) is 0 Å². The van der Waals surface area contributed by atoms with Crippen LogP contribution >= 0.6 is 0 Å². The van der Waals surface area contributed by atoms with Crippen molar-refractivity contribution in [2.24, 2.45) is 0 Å². The number of aromatic hydroxyl groups is 4. The molecule has 11 atom stereocenters. The third-order valence-electron chi connectivity index (χ3n) is 8.01. The third kappa shape index (κ3) is 7.59. The van der Waals surface area contributed by atoms with Crippen LogP contribution in [0.25, 0.3) is 6.08 Å². The Morgan fingerprint density at radius 1 is 0.680 bits per heavy atom. The molecular formula is C31H36O19. The van der Waals surface area contributed by atoms with Gasteiger partial charge in [0.05, 0.1) is 5.56 Å². The van der Waals surface area contributed by atoms with Crippen molar-refractivity contribution in [2.45, 2.75) is 81.4 Å². The van der Waals surface area contributed by atoms with Crippen molar-refractivity contribution in [3.63, 3.8) is 0 Å². The Hall–Kier alpha value is -4.60. The predicted molar refractivity (Wildman–Crippen MR) is 159 cm³/mol. The number of fused-ring (bicyclic) bond motifs is 1. The lowest BCUT2D eigenvalue weighted by Gasteiger charge is -2.41. The zero-order valence-electron chi connectivity index (χ0n) is 26.3. The lowest BCUT2D eigenvalue weighted by atomic mass is 9.98. The molecule has 0 aliphatic carbocycles. The van der Waals surface area contributed by atoms with Gasteiger partial charge in [-0.25, -0.2) is 0 Å². The van der Waals surface area contributed by atoms with Gasteiger partial charge in [-0.2, -0.15) is 0 Å². The Bertz CT molecular complexity index is 1590. The van der Waals surface area contributed by atoms with Crippen molar-refractivity contribution in [3.8, 4) is 34.5 Å². The van der Waals surface area contributed by atoms with Crippen LogP contribution in [0, 0.1) is 0 Å². The van der Waals surface area contributed by atoms with Gasteiger partial charge in [0.15, 0.2) is 23.4 Å². The molecule has 19 heteroatoms. The maximum Gasteiger partial charge on any atom is 0.302 e. The molecule has 3 aliphatic rings. The molecule has 0 saturated carbocycles. The van der Waals surface area contributed by atoms with Crippen molar-refractivity contribution < 1.29 is 93.8 Å². The van der Waals surface area contributed by atoms with E-state index in [4.69, 9.17) is 33.2 Å². The second kappa shape index (κ2) is 14.7. The van der Waals surface area contributed by atoms with E-state index in [9.17, 15) is 60.7 Å². The van der Waals surface area contributed by atoms with Crippen LogP contribution < -0.4 is 9.47 Å². The standard InChI is InChI=1S/C31H36O19/c1-10(32)44-8-20-23(38)25(40)27(42)30(49-20)47-18-6-13(34)5-17-14(18)7-19(29(46-17)12-3-15(35)22(37)16(36)4-12)48-31-28(43)26(41)24(39)21(50-31)9-45-11(2)33/h3-7,20-21,23-31,34-43H,8-9H2,1-2H3/t20-,21-,23-,24-,25+,26-,27-,28+,29?,30-,31-/m1/s1. The molecule has 19 nitrogen and oxygen atoms in total. The SMILES string of the molecule is CC(=O)OC[C@H]1O[C@@H](Oc2cc(O)cc3c2C=C(O[C@@H]2O[C@H](COC(C)=O)[C@@H](O)[C@@H](O)[C@@H]2O)C(c2cc(O)c(O)c(O)c2)O3)[C@H](O)[C@@H](O)[C@@H]1O. The molecule has 2 aromatic carbocycles. The van der Waals surface area contributed by atoms with Gasteiger partial charge in [-0.15, -0.1) is 0 Å². The van der Waals surface area contributed by atoms with E-state index in [1.807, 2.05) is 0 Å². The number of carbonyl (C=O) groups excluding carboxylic acids is 2. The maximum atomic E-state index is 11.4. The topological polar surface area (TPSA) is 301 Å². The summed E-state index contributed by atoms with van der Waals surface area (Å²) in [6, 6.07) is 4.20. The van der Waals surface area contributed by atoms with Gasteiger partial charge >= 0.3 is 11.9 Å². The lowest BCUT2D eigenvalue weighted by Crippen LogP contribution is -2.60. The Labute approximate surface area is 282 Å². The Balaban J connectivity index is 1.53. The average molecular weight is 713 g/mol. The van der Waals surface area contributed by atoms with E-state index < -0.39 is 116 Å². The first-order valence-corrected chi connectivity index (χ1v) is 15.0. The number of hydrogen-bond acceptors (Lipinski definition) is 19. The van der Waals surface area contributed by atoms with E-state index in [1.165, 1.54) is 6.08 Å². The summed E-state index contributed by atoms with van der Waals surface area (Å²) in [4.78, 5) is 22.7. The highest BCUT2D eigenvalue weighted by Gasteiger charge is 2.48. The molecule has 50 heavy (non-hydrogen) atoms. The van der Waals surface area contributed by atoms with E-state index >= 15 is 0 Å². The van der Waals surface area contributed by atoms with Gasteiger partial charge in [-0.05, 0) is 18.2 Å². The summed E-state index contributed by atoms with van der Waals surface area (Å²) in [7, 11) is 0. The average Bonchev–Trinajstić information content (AvgIpc) is 3.06. The zero-order valence-corrected chi connectivity index (χ0v) is 26.3. The third-order valence-corrected chi connectivity index (χ3v) is 8.01. The predicted octanol–water partition coefficient (Wildman–Crippen LogP) is -1.88. The van der Waals surface area contributed by atoms with Crippen LogP contribution in [-0.2, 0) is 33.3 Å². The van der Waals surface area contributed by atoms with E-state index in [-0.39, 0.29) is 28.4 Å². The first-order chi connectivity index (χ1) is 23.5. The molecule has 274 valence electrons. The highest BCUT2D eigenvalue weighted by molar-refractivity contribution is 5.70. The fourth-order valence-electron chi connectivity index (χ4n) is 5.39. The summed E-state index contributed by atoms with van der Waals surface area (Å²) in [6.45, 7) is 1.15. The molecule has 0 bridgehead atoms. The van der Waals surface area contributed by atoms with Crippen LogP contribution in [0.4, 0.5) is 0 Å². The Kier molecular flexibility index (Phi) is 10.8. The van der Waals surface area contributed by atoms with Gasteiger partial charge in [-0.3, -0.25) is 9.59 Å². The highest BCUT2D eigenvalue weighted by atomic mass is 16.7. The molecule has 0 spiro atoms. The van der Waals surface area contributed by atoms with Gasteiger partial charge in [0.25, 0.3) is 0 Å². The molecule has 10 N–H and O–H groups in total. The van der Waals surface area contributed by atoms with Crippen LogP contribution in [0.1, 0.15) is 31.1 Å². The second-order valence-corrected chi connectivity index (χ2v) is 11.7. The normalized spacial score (nSPS) is 32.2. The molecule has 2 saturated heterocycles. The van der Waals surface area contributed by atoms with Crippen LogP contribution in [0.2, 0.25) is 0 Å². The minimum atomic E-state index is -1.91. The van der Waals surface area contributed by atoms with E-state index in [0.717, 1.165) is 38.1 Å². The quantitative estimate of drug-likeness (QED) is 0.100. The molecule has 2 aromatic rings. The number of phenols is 4. The molecule has 3 aliphatic heterocycles. The summed E-state index contributed by atoms with van der Waals surface area (Å²) in [5.74, 6) is -4.99. The molecule has 5 rings (SSSR count). The summed E-state index contributed by atoms with van der Waals surface area (Å²) in [5.41, 5.74) is -0.0871. The second-order valence-electron chi connectivity index (χ2n) is 11.7. The van der Waals surface area contributed by atoms with Crippen molar-refractivity contribution >= 4 is 18.0 Å². The Morgan fingerprint density at radius 2 is 1.18 bits per heavy atom. The number of carbonyl (C=O) groups is 2. The van der Waals surface area contributed by atoms with Gasteiger partial charge in [0, 0.05) is 31.5 Å². The van der Waals surface area contributed by atoms with Gasteiger partial charge in [0.1, 0.15) is 85.1 Å². The Morgan fingerprint density at radius 3 is 1.68 bits per heavy atom. The molecule has 0 amide bonds. The highest BCUT2D eigenvalue weighted by Crippen LogP contribution is 2.47. The van der Waals surface area contributed by atoms with Gasteiger partial charge in [-0.1, -0.05) is 0 Å². The molecule has 3 heterocycles. The molecule has 2 fully saturated rings. The van der Waals surface area contributed by atoms with Crippen LogP contribution in [-0.4, -0.2) is 138 Å². The zero-order chi connectivity index (χ0) is 36.6. The fraction of sp³-hybridized carbons (Fsp3) is 0.484. The molecular weight excluding hydrogens is 676 g/mol. The summed E-state index contributed by atoms with van der Waals surface area (Å²) in [6.07, 6.45) is -17.4. The van der Waals surface area contributed by atoms with Gasteiger partial charge < -0.3 is 84.2 Å². The van der Waals surface area contributed by atoms with Crippen LogP contribution in [0.5, 0.6) is 34.5 Å². The minimum absolute atomic E-state index is 0.0310. The van der Waals surface area contributed by atoms with Gasteiger partial charge in [0.2, 0.25) is 12.6 Å². The van der Waals surface area contributed by atoms with Crippen molar-refractivity contribution in [1.82, 2.24) is 0 Å². The maximum absolute atomic E-state index is 11.4. The fourth-order valence-corrected chi connectivity index (χ4v) is 5.39. The summed E-state index contributed by atoms with van der Waals surface area (Å²) < 4.78 is 38.8. The number of aliphatic hydroxyl groups is 6. The minimum Gasteiger partial charge on any atom is -0.508 e. The van der Waals surface area contributed by atoms with Crippen molar-refractivity contribution in [2.75, 3.05) is 13.2 Å². The smallest absolute Gasteiger partial charge is 0.302 e. The number of phenolic OH excluding ortho intramolecular Hbond substituents is 4. The first-order valence-electron chi connectivity index (χ1n) is 15.0. The molecule has 0 aromatic heterocycles. The molecule has 0 radical (unpaired) electrons. The number of rotatable bonds is 9. The summed E-state index contributed by atoms with van der Waals surface area (Å²) >= 11 is 0. The van der Waals surface area contributed by atoms with Crippen LogP contribution in [0.15, 0.2) is 30.0 Å². The first kappa shape index (κ1) is 36.7. The number of aliphatic hydroxyl groups excluding tert-OH is 6. The monoisotopic (exact) mass is 712 g/mol. The van der Waals surface area contributed by atoms with E-state index in [1.54, 1.807) is 0 Å². The molecule has 1 unspecified atom stereocenters. The number of ether oxygens (including phenoxy) is 7. The van der Waals surface area contributed by atoms with E-state index in [2.05, 4.69) is 0 Å². The largest absolute Gasteiger partial charge is 0.508 e. The summed E-state index contributed by atoms with van der Waals surface area (Å²) in [5, 5.41) is 104. The number of benzene rings is 2. The number of esters is 2. The van der Waals surface area contributed by atoms with Crippen LogP contribution in [0.3, 0.4) is 0 Å². The lowest BCUT2D eigenvalue weighted by molar-refractivity contribution is -0.294.